The van der Waals surface area contributed by atoms with E-state index in [0.717, 1.165) is 42.8 Å². The van der Waals surface area contributed by atoms with Crippen molar-refractivity contribution in [1.29, 1.82) is 0 Å². The minimum absolute atomic E-state index is 0.0155. The molecular formula is C19H22N2O2S. The Hall–Kier alpha value is -2.14. The standard InChI is InChI=1S/C19H22N2O2S/c22-18(17-7-4-14-24-17)20-11-8-15-9-12-21(13-10-15)19(23)16-5-2-1-3-6-16/h1-7,14-15H,8-13H2,(H,20,22). The Balaban J connectivity index is 1.39. The van der Waals surface area contributed by atoms with Crippen molar-refractivity contribution >= 4 is 23.2 Å². The highest BCUT2D eigenvalue weighted by Gasteiger charge is 2.23. The summed E-state index contributed by atoms with van der Waals surface area (Å²) < 4.78 is 0. The number of hydrogen-bond acceptors (Lipinski definition) is 3. The average Bonchev–Trinajstić information content (AvgIpc) is 3.17. The minimum atomic E-state index is 0.0155. The van der Waals surface area contributed by atoms with Gasteiger partial charge in [0.25, 0.3) is 11.8 Å². The van der Waals surface area contributed by atoms with E-state index in [2.05, 4.69) is 5.32 Å². The summed E-state index contributed by atoms with van der Waals surface area (Å²) in [6.07, 6.45) is 2.99. The van der Waals surface area contributed by atoms with Crippen LogP contribution in [0, 0.1) is 5.92 Å². The van der Waals surface area contributed by atoms with Gasteiger partial charge in [-0.2, -0.15) is 0 Å². The summed E-state index contributed by atoms with van der Waals surface area (Å²) in [5.74, 6) is 0.718. The van der Waals surface area contributed by atoms with Gasteiger partial charge < -0.3 is 10.2 Å². The Morgan fingerprint density at radius 2 is 1.83 bits per heavy atom. The van der Waals surface area contributed by atoms with E-state index < -0.39 is 0 Å². The monoisotopic (exact) mass is 342 g/mol. The number of amides is 2. The fourth-order valence-electron chi connectivity index (χ4n) is 3.07. The fourth-order valence-corrected chi connectivity index (χ4v) is 3.71. The Kier molecular flexibility index (Phi) is 5.64. The molecule has 2 aromatic rings. The lowest BCUT2D eigenvalue weighted by molar-refractivity contribution is 0.0687. The molecule has 0 radical (unpaired) electrons. The number of hydrogen-bond donors (Lipinski definition) is 1. The molecule has 0 atom stereocenters. The van der Waals surface area contributed by atoms with Crippen LogP contribution >= 0.6 is 11.3 Å². The van der Waals surface area contributed by atoms with Gasteiger partial charge in [0, 0.05) is 25.2 Å². The van der Waals surface area contributed by atoms with Crippen LogP contribution in [0.4, 0.5) is 0 Å². The summed E-state index contributed by atoms with van der Waals surface area (Å²) >= 11 is 1.46. The van der Waals surface area contributed by atoms with Gasteiger partial charge in [-0.05, 0) is 48.8 Å². The number of nitrogens with one attached hydrogen (secondary N) is 1. The first-order valence-electron chi connectivity index (χ1n) is 8.40. The molecule has 24 heavy (non-hydrogen) atoms. The van der Waals surface area contributed by atoms with Crippen LogP contribution in [-0.2, 0) is 0 Å². The summed E-state index contributed by atoms with van der Waals surface area (Å²) in [5.41, 5.74) is 0.763. The van der Waals surface area contributed by atoms with Crippen LogP contribution in [0.2, 0.25) is 0 Å². The van der Waals surface area contributed by atoms with Gasteiger partial charge in [-0.1, -0.05) is 24.3 Å². The van der Waals surface area contributed by atoms with Crippen molar-refractivity contribution in [2.75, 3.05) is 19.6 Å². The minimum Gasteiger partial charge on any atom is -0.351 e. The molecule has 1 fully saturated rings. The van der Waals surface area contributed by atoms with Crippen LogP contribution in [0.25, 0.3) is 0 Å². The Labute approximate surface area is 146 Å². The second-order valence-corrected chi connectivity index (χ2v) is 7.07. The molecule has 0 unspecified atom stereocenters. The molecule has 2 heterocycles. The lowest BCUT2D eigenvalue weighted by Gasteiger charge is -2.32. The summed E-state index contributed by atoms with van der Waals surface area (Å²) in [6, 6.07) is 13.2. The van der Waals surface area contributed by atoms with Gasteiger partial charge in [0.15, 0.2) is 0 Å². The number of piperidine rings is 1. The van der Waals surface area contributed by atoms with E-state index in [-0.39, 0.29) is 11.8 Å². The van der Waals surface area contributed by atoms with Gasteiger partial charge in [-0.15, -0.1) is 11.3 Å². The molecule has 126 valence electrons. The van der Waals surface area contributed by atoms with Crippen molar-refractivity contribution < 1.29 is 9.59 Å². The third-order valence-electron chi connectivity index (χ3n) is 4.51. The second-order valence-electron chi connectivity index (χ2n) is 6.12. The van der Waals surface area contributed by atoms with E-state index in [4.69, 9.17) is 0 Å². The molecular weight excluding hydrogens is 320 g/mol. The van der Waals surface area contributed by atoms with Gasteiger partial charge in [0.05, 0.1) is 4.88 Å². The highest BCUT2D eigenvalue weighted by atomic mass is 32.1. The quantitative estimate of drug-likeness (QED) is 0.905. The van der Waals surface area contributed by atoms with Crippen molar-refractivity contribution in [2.45, 2.75) is 19.3 Å². The van der Waals surface area contributed by atoms with Crippen molar-refractivity contribution in [2.24, 2.45) is 5.92 Å². The molecule has 5 heteroatoms. The molecule has 1 aromatic carbocycles. The number of carbonyl (C=O) groups is 2. The molecule has 1 N–H and O–H groups in total. The van der Waals surface area contributed by atoms with Gasteiger partial charge in [-0.3, -0.25) is 9.59 Å². The first-order chi connectivity index (χ1) is 11.7. The highest BCUT2D eigenvalue weighted by Crippen LogP contribution is 2.21. The summed E-state index contributed by atoms with van der Waals surface area (Å²) in [7, 11) is 0. The molecule has 1 aromatic heterocycles. The summed E-state index contributed by atoms with van der Waals surface area (Å²) in [5, 5.41) is 4.89. The van der Waals surface area contributed by atoms with Crippen molar-refractivity contribution in [3.8, 4) is 0 Å². The Morgan fingerprint density at radius 3 is 2.50 bits per heavy atom. The largest absolute Gasteiger partial charge is 0.351 e. The smallest absolute Gasteiger partial charge is 0.261 e. The van der Waals surface area contributed by atoms with Crippen LogP contribution in [0.1, 0.15) is 39.3 Å². The zero-order valence-electron chi connectivity index (χ0n) is 13.6. The fraction of sp³-hybridized carbons (Fsp3) is 0.368. The highest BCUT2D eigenvalue weighted by molar-refractivity contribution is 7.12. The first-order valence-corrected chi connectivity index (χ1v) is 9.28. The SMILES string of the molecule is O=C(NCCC1CCN(C(=O)c2ccccc2)CC1)c1cccs1. The maximum atomic E-state index is 12.4. The first kappa shape index (κ1) is 16.7. The van der Waals surface area contributed by atoms with Crippen LogP contribution in [0.15, 0.2) is 47.8 Å². The summed E-state index contributed by atoms with van der Waals surface area (Å²) in [6.45, 7) is 2.31. The van der Waals surface area contributed by atoms with Crippen molar-refractivity contribution in [1.82, 2.24) is 10.2 Å². The number of benzene rings is 1. The van der Waals surface area contributed by atoms with E-state index in [1.807, 2.05) is 52.7 Å². The molecule has 0 aliphatic carbocycles. The number of rotatable bonds is 5. The third-order valence-corrected chi connectivity index (χ3v) is 5.37. The topological polar surface area (TPSA) is 49.4 Å². The Morgan fingerprint density at radius 1 is 1.08 bits per heavy atom. The predicted molar refractivity (Wildman–Crippen MR) is 96.3 cm³/mol. The van der Waals surface area contributed by atoms with Gasteiger partial charge in [0.1, 0.15) is 0 Å². The number of thiophene rings is 1. The predicted octanol–water partition coefficient (Wildman–Crippen LogP) is 3.42. The normalized spacial score (nSPS) is 15.2. The van der Waals surface area contributed by atoms with Crippen molar-refractivity contribution in [3.05, 3.63) is 58.3 Å². The zero-order chi connectivity index (χ0) is 16.8. The van der Waals surface area contributed by atoms with Gasteiger partial charge in [0.2, 0.25) is 0 Å². The molecule has 0 bridgehead atoms. The molecule has 0 spiro atoms. The lowest BCUT2D eigenvalue weighted by atomic mass is 9.93. The molecule has 1 saturated heterocycles. The third kappa shape index (κ3) is 4.23. The number of likely N-dealkylation sites (tertiary alicyclic amines) is 1. The Bertz CT molecular complexity index is 662. The molecule has 0 saturated carbocycles. The number of carbonyl (C=O) groups excluding carboxylic acids is 2. The summed E-state index contributed by atoms with van der Waals surface area (Å²) in [4.78, 5) is 27.0. The second kappa shape index (κ2) is 8.11. The van der Waals surface area contributed by atoms with E-state index in [1.165, 1.54) is 11.3 Å². The van der Waals surface area contributed by atoms with E-state index in [0.29, 0.717) is 12.5 Å². The van der Waals surface area contributed by atoms with Gasteiger partial charge >= 0.3 is 0 Å². The van der Waals surface area contributed by atoms with Crippen LogP contribution in [0.5, 0.6) is 0 Å². The van der Waals surface area contributed by atoms with Crippen LogP contribution in [-0.4, -0.2) is 36.3 Å². The van der Waals surface area contributed by atoms with Crippen LogP contribution < -0.4 is 5.32 Å². The average molecular weight is 342 g/mol. The molecule has 2 amide bonds. The van der Waals surface area contributed by atoms with Gasteiger partial charge in [-0.25, -0.2) is 0 Å². The van der Waals surface area contributed by atoms with E-state index in [1.54, 1.807) is 0 Å². The van der Waals surface area contributed by atoms with E-state index in [9.17, 15) is 9.59 Å². The molecule has 3 rings (SSSR count). The maximum absolute atomic E-state index is 12.4. The molecule has 1 aliphatic heterocycles. The molecule has 4 nitrogen and oxygen atoms in total. The molecule has 1 aliphatic rings. The van der Waals surface area contributed by atoms with Crippen molar-refractivity contribution in [3.63, 3.8) is 0 Å². The number of nitrogens with zero attached hydrogens (tertiary/aromatic N) is 1. The lowest BCUT2D eigenvalue weighted by Crippen LogP contribution is -2.39. The van der Waals surface area contributed by atoms with E-state index >= 15 is 0 Å². The van der Waals surface area contributed by atoms with Crippen LogP contribution in [0.3, 0.4) is 0 Å². The zero-order valence-corrected chi connectivity index (χ0v) is 14.4. The maximum Gasteiger partial charge on any atom is 0.261 e.